The van der Waals surface area contributed by atoms with Gasteiger partial charge in [-0.05, 0) is 35.9 Å². The Bertz CT molecular complexity index is 682. The first-order chi connectivity index (χ1) is 10.5. The molecule has 22 heavy (non-hydrogen) atoms. The lowest BCUT2D eigenvalue weighted by Crippen LogP contribution is -2.32. The Balaban J connectivity index is 1.88. The van der Waals surface area contributed by atoms with Crippen LogP contribution in [0.15, 0.2) is 42.5 Å². The Morgan fingerprint density at radius 3 is 2.68 bits per heavy atom. The maximum Gasteiger partial charge on any atom is 0.319 e. The summed E-state index contributed by atoms with van der Waals surface area (Å²) in [6, 6.07) is 10.0. The number of urea groups is 1. The summed E-state index contributed by atoms with van der Waals surface area (Å²) in [7, 11) is 0. The monoisotopic (exact) mass is 342 g/mol. The number of halogens is 3. The van der Waals surface area contributed by atoms with E-state index in [1.165, 1.54) is 12.1 Å². The summed E-state index contributed by atoms with van der Waals surface area (Å²) in [5.41, 5.74) is 0.943. The van der Waals surface area contributed by atoms with Crippen molar-refractivity contribution >= 4 is 34.9 Å². The molecule has 0 saturated heterocycles. The van der Waals surface area contributed by atoms with E-state index in [0.29, 0.717) is 16.3 Å². The summed E-state index contributed by atoms with van der Waals surface area (Å²) in [5.74, 6) is -0.566. The highest BCUT2D eigenvalue weighted by Gasteiger charge is 2.10. The van der Waals surface area contributed by atoms with Crippen LogP contribution in [-0.2, 0) is 0 Å². The molecule has 2 aromatic rings. The molecule has 3 N–H and O–H groups in total. The molecule has 0 spiro atoms. The number of hydrogen-bond acceptors (Lipinski definition) is 2. The highest BCUT2D eigenvalue weighted by Crippen LogP contribution is 2.19. The van der Waals surface area contributed by atoms with E-state index in [4.69, 9.17) is 23.2 Å². The van der Waals surface area contributed by atoms with Crippen LogP contribution in [0.3, 0.4) is 0 Å². The molecule has 1 atom stereocenters. The minimum atomic E-state index is -0.888. The van der Waals surface area contributed by atoms with Crippen LogP contribution in [-0.4, -0.2) is 17.7 Å². The lowest BCUT2D eigenvalue weighted by Gasteiger charge is -2.13. The van der Waals surface area contributed by atoms with Crippen molar-refractivity contribution in [3.63, 3.8) is 0 Å². The molecule has 0 radical (unpaired) electrons. The predicted octanol–water partition coefficient (Wildman–Crippen LogP) is 3.99. The molecule has 0 aliphatic rings. The maximum absolute atomic E-state index is 13.0. The maximum atomic E-state index is 13.0. The molecule has 4 nitrogen and oxygen atoms in total. The van der Waals surface area contributed by atoms with Gasteiger partial charge in [-0.2, -0.15) is 0 Å². The van der Waals surface area contributed by atoms with Crippen LogP contribution in [0, 0.1) is 5.82 Å². The molecule has 0 unspecified atom stereocenters. The van der Waals surface area contributed by atoms with Crippen molar-refractivity contribution in [1.29, 1.82) is 0 Å². The van der Waals surface area contributed by atoms with Crippen molar-refractivity contribution < 1.29 is 14.3 Å². The molecule has 2 rings (SSSR count). The number of carbonyl (C=O) groups excluding carboxylic acids is 1. The zero-order chi connectivity index (χ0) is 16.1. The Hall–Kier alpha value is -1.82. The molecule has 116 valence electrons. The molecule has 2 amide bonds. The van der Waals surface area contributed by atoms with Crippen LogP contribution < -0.4 is 10.6 Å². The summed E-state index contributed by atoms with van der Waals surface area (Å²) >= 11 is 11.5. The van der Waals surface area contributed by atoms with Crippen LogP contribution in [0.4, 0.5) is 14.9 Å². The quantitative estimate of drug-likeness (QED) is 0.786. The molecule has 7 heteroatoms. The lowest BCUT2D eigenvalue weighted by molar-refractivity contribution is 0.175. The normalized spacial score (nSPS) is 11.8. The van der Waals surface area contributed by atoms with E-state index in [1.807, 2.05) is 0 Å². The van der Waals surface area contributed by atoms with Crippen molar-refractivity contribution in [2.24, 2.45) is 0 Å². The molecule has 0 aromatic heterocycles. The van der Waals surface area contributed by atoms with E-state index in [0.717, 1.165) is 6.07 Å². The van der Waals surface area contributed by atoms with Gasteiger partial charge >= 0.3 is 6.03 Å². The summed E-state index contributed by atoms with van der Waals surface area (Å²) in [4.78, 5) is 11.7. The van der Waals surface area contributed by atoms with Crippen LogP contribution in [0.2, 0.25) is 10.0 Å². The third-order valence-electron chi connectivity index (χ3n) is 2.87. The van der Waals surface area contributed by atoms with Gasteiger partial charge in [0.1, 0.15) is 5.82 Å². The standard InChI is InChI=1S/C15H13Cl2FN2O2/c16-10-3-1-2-9(6-10)14(21)8-19-15(22)20-11-4-5-13(18)12(17)7-11/h1-7,14,21H,8H2,(H2,19,20,22)/t14-/m1/s1. The van der Waals surface area contributed by atoms with Gasteiger partial charge < -0.3 is 15.7 Å². The second-order valence-electron chi connectivity index (χ2n) is 4.53. The van der Waals surface area contributed by atoms with Crippen LogP contribution in [0.25, 0.3) is 0 Å². The zero-order valence-electron chi connectivity index (χ0n) is 11.3. The third kappa shape index (κ3) is 4.59. The van der Waals surface area contributed by atoms with Gasteiger partial charge in [0.25, 0.3) is 0 Å². The van der Waals surface area contributed by atoms with Gasteiger partial charge in [0.15, 0.2) is 0 Å². The van der Waals surface area contributed by atoms with Gasteiger partial charge in [-0.1, -0.05) is 35.3 Å². The number of aliphatic hydroxyl groups is 1. The minimum Gasteiger partial charge on any atom is -0.387 e. The molecule has 0 bridgehead atoms. The number of anilines is 1. The molecule has 0 aliphatic heterocycles. The van der Waals surface area contributed by atoms with Crippen molar-refractivity contribution in [1.82, 2.24) is 5.32 Å². The van der Waals surface area contributed by atoms with E-state index in [1.54, 1.807) is 24.3 Å². The highest BCUT2D eigenvalue weighted by molar-refractivity contribution is 6.31. The third-order valence-corrected chi connectivity index (χ3v) is 3.39. The summed E-state index contributed by atoms with van der Waals surface area (Å²) < 4.78 is 13.0. The van der Waals surface area contributed by atoms with E-state index in [9.17, 15) is 14.3 Å². The number of benzene rings is 2. The molecular weight excluding hydrogens is 330 g/mol. The van der Waals surface area contributed by atoms with Crippen molar-refractivity contribution in [3.05, 3.63) is 63.9 Å². The van der Waals surface area contributed by atoms with E-state index < -0.39 is 18.0 Å². The van der Waals surface area contributed by atoms with Crippen LogP contribution in [0.5, 0.6) is 0 Å². The van der Waals surface area contributed by atoms with E-state index >= 15 is 0 Å². The van der Waals surface area contributed by atoms with Crippen LogP contribution in [0.1, 0.15) is 11.7 Å². The summed E-state index contributed by atoms with van der Waals surface area (Å²) in [5, 5.41) is 15.4. The second-order valence-corrected chi connectivity index (χ2v) is 5.38. The number of amides is 2. The SMILES string of the molecule is O=C(NC[C@@H](O)c1cccc(Cl)c1)Nc1ccc(F)c(Cl)c1. The Kier molecular flexibility index (Phi) is 5.60. The molecule has 0 saturated carbocycles. The fourth-order valence-corrected chi connectivity index (χ4v) is 2.15. The first kappa shape index (κ1) is 16.5. The van der Waals surface area contributed by atoms with Crippen molar-refractivity contribution in [3.8, 4) is 0 Å². The van der Waals surface area contributed by atoms with Gasteiger partial charge in [0, 0.05) is 17.3 Å². The molecular formula is C15H13Cl2FN2O2. The van der Waals surface area contributed by atoms with Gasteiger partial charge in [-0.3, -0.25) is 0 Å². The Labute approximate surface area is 136 Å². The predicted molar refractivity (Wildman–Crippen MR) is 84.8 cm³/mol. The topological polar surface area (TPSA) is 61.4 Å². The summed E-state index contributed by atoms with van der Waals surface area (Å²) in [6.45, 7) is 0.00109. The highest BCUT2D eigenvalue weighted by atomic mass is 35.5. The van der Waals surface area contributed by atoms with Gasteiger partial charge in [0.05, 0.1) is 11.1 Å². The first-order valence-corrected chi connectivity index (χ1v) is 7.15. The minimum absolute atomic E-state index is 0.00109. The van der Waals surface area contributed by atoms with Crippen molar-refractivity contribution in [2.75, 3.05) is 11.9 Å². The molecule has 0 fully saturated rings. The number of hydrogen-bond donors (Lipinski definition) is 3. The fourth-order valence-electron chi connectivity index (χ4n) is 1.77. The number of aliphatic hydroxyl groups excluding tert-OH is 1. The number of nitrogens with one attached hydrogen (secondary N) is 2. The fraction of sp³-hybridized carbons (Fsp3) is 0.133. The van der Waals surface area contributed by atoms with Gasteiger partial charge in [-0.15, -0.1) is 0 Å². The number of carbonyl (C=O) groups is 1. The molecule has 2 aromatic carbocycles. The van der Waals surface area contributed by atoms with E-state index in [2.05, 4.69) is 10.6 Å². The molecule has 0 aliphatic carbocycles. The van der Waals surface area contributed by atoms with Crippen LogP contribution >= 0.6 is 23.2 Å². The zero-order valence-corrected chi connectivity index (χ0v) is 12.8. The smallest absolute Gasteiger partial charge is 0.319 e. The summed E-state index contributed by atoms with van der Waals surface area (Å²) in [6.07, 6.45) is -0.888. The second kappa shape index (κ2) is 7.45. The lowest BCUT2D eigenvalue weighted by atomic mass is 10.1. The van der Waals surface area contributed by atoms with E-state index in [-0.39, 0.29) is 11.6 Å². The average molecular weight is 343 g/mol. The largest absolute Gasteiger partial charge is 0.387 e. The number of rotatable bonds is 4. The van der Waals surface area contributed by atoms with Gasteiger partial charge in [0.2, 0.25) is 0 Å². The van der Waals surface area contributed by atoms with Crippen molar-refractivity contribution in [2.45, 2.75) is 6.10 Å². The average Bonchev–Trinajstić information content (AvgIpc) is 2.48. The van der Waals surface area contributed by atoms with Gasteiger partial charge in [-0.25, -0.2) is 9.18 Å². The Morgan fingerprint density at radius 2 is 2.00 bits per heavy atom. The first-order valence-electron chi connectivity index (χ1n) is 6.39. The Morgan fingerprint density at radius 1 is 1.23 bits per heavy atom. The molecule has 0 heterocycles.